The van der Waals surface area contributed by atoms with Crippen LogP contribution >= 0.6 is 0 Å². The summed E-state index contributed by atoms with van der Waals surface area (Å²) in [5.41, 5.74) is 1.55. The molecule has 4 rings (SSSR count). The molecule has 2 unspecified atom stereocenters. The second-order valence-corrected chi connectivity index (χ2v) is 9.03. The first-order valence-corrected chi connectivity index (χ1v) is 11.6. The highest BCUT2D eigenvalue weighted by Crippen LogP contribution is 2.37. The maximum Gasteiger partial charge on any atom is 0.407 e. The van der Waals surface area contributed by atoms with Gasteiger partial charge in [-0.2, -0.15) is 0 Å². The van der Waals surface area contributed by atoms with Crippen LogP contribution in [0, 0.1) is 11.6 Å². The number of halogens is 2. The van der Waals surface area contributed by atoms with E-state index in [4.69, 9.17) is 0 Å². The zero-order chi connectivity index (χ0) is 25.1. The van der Waals surface area contributed by atoms with Gasteiger partial charge < -0.3 is 19.8 Å². The number of amides is 3. The lowest BCUT2D eigenvalue weighted by atomic mass is 9.94. The van der Waals surface area contributed by atoms with Gasteiger partial charge in [0.2, 0.25) is 0 Å². The molecule has 0 spiro atoms. The topological polar surface area (TPSA) is 64.1 Å². The van der Waals surface area contributed by atoms with E-state index in [2.05, 4.69) is 6.58 Å². The second kappa shape index (κ2) is 10.3. The van der Waals surface area contributed by atoms with Gasteiger partial charge in [-0.25, -0.2) is 18.4 Å². The van der Waals surface area contributed by atoms with Crippen molar-refractivity contribution < 1.29 is 23.5 Å². The molecule has 2 heterocycles. The summed E-state index contributed by atoms with van der Waals surface area (Å²) in [7, 11) is 1.72. The Morgan fingerprint density at radius 3 is 2.60 bits per heavy atom. The summed E-state index contributed by atoms with van der Waals surface area (Å²) in [5, 5.41) is 9.52. The Morgan fingerprint density at radius 2 is 1.91 bits per heavy atom. The number of carbonyl (C=O) groups excluding carboxylic acids is 1. The molecule has 0 aromatic heterocycles. The maximum atomic E-state index is 14.6. The Kier molecular flexibility index (Phi) is 7.19. The second-order valence-electron chi connectivity index (χ2n) is 9.03. The van der Waals surface area contributed by atoms with Crippen LogP contribution in [0.15, 0.2) is 67.3 Å². The van der Waals surface area contributed by atoms with Crippen molar-refractivity contribution in [1.82, 2.24) is 14.7 Å². The van der Waals surface area contributed by atoms with Crippen molar-refractivity contribution in [2.24, 2.45) is 0 Å². The molecular weight excluding hydrogens is 452 g/mol. The van der Waals surface area contributed by atoms with E-state index in [-0.39, 0.29) is 30.2 Å². The lowest BCUT2D eigenvalue weighted by Crippen LogP contribution is -2.54. The molecule has 184 valence electrons. The summed E-state index contributed by atoms with van der Waals surface area (Å²) in [5.74, 6) is -1.08. The average molecular weight is 482 g/mol. The molecule has 1 saturated heterocycles. The van der Waals surface area contributed by atoms with Gasteiger partial charge in [0.05, 0.1) is 6.04 Å². The Bertz CT molecular complexity index is 1140. The van der Waals surface area contributed by atoms with Crippen molar-refractivity contribution in [1.29, 1.82) is 0 Å². The zero-order valence-corrected chi connectivity index (χ0v) is 19.6. The normalized spacial score (nSPS) is 22.0. The summed E-state index contributed by atoms with van der Waals surface area (Å²) in [4.78, 5) is 30.1. The van der Waals surface area contributed by atoms with Gasteiger partial charge in [-0.3, -0.25) is 0 Å². The van der Waals surface area contributed by atoms with Crippen LogP contribution in [-0.4, -0.2) is 64.2 Å². The minimum absolute atomic E-state index is 0.132. The molecule has 3 atom stereocenters. The third-order valence-corrected chi connectivity index (χ3v) is 6.92. The van der Waals surface area contributed by atoms with Gasteiger partial charge in [0.25, 0.3) is 0 Å². The number of rotatable bonds is 5. The van der Waals surface area contributed by atoms with Crippen LogP contribution < -0.4 is 0 Å². The third-order valence-electron chi connectivity index (χ3n) is 6.92. The van der Waals surface area contributed by atoms with E-state index in [1.807, 2.05) is 36.4 Å². The Hall–Kier alpha value is -3.68. The van der Waals surface area contributed by atoms with Gasteiger partial charge in [0.15, 0.2) is 0 Å². The monoisotopic (exact) mass is 481 g/mol. The third kappa shape index (κ3) is 5.06. The van der Waals surface area contributed by atoms with Gasteiger partial charge in [-0.15, -0.1) is 6.58 Å². The first-order chi connectivity index (χ1) is 16.8. The summed E-state index contributed by atoms with van der Waals surface area (Å²) in [6, 6.07) is 11.7. The Morgan fingerprint density at radius 1 is 1.17 bits per heavy atom. The zero-order valence-electron chi connectivity index (χ0n) is 19.6. The number of piperidine rings is 1. The van der Waals surface area contributed by atoms with Crippen molar-refractivity contribution in [2.75, 3.05) is 20.1 Å². The maximum absolute atomic E-state index is 14.6. The predicted molar refractivity (Wildman–Crippen MR) is 130 cm³/mol. The average Bonchev–Trinajstić information content (AvgIpc) is 3.30. The highest BCUT2D eigenvalue weighted by atomic mass is 19.1. The van der Waals surface area contributed by atoms with E-state index in [0.717, 1.165) is 23.8 Å². The van der Waals surface area contributed by atoms with Crippen LogP contribution in [0.3, 0.4) is 0 Å². The van der Waals surface area contributed by atoms with Gasteiger partial charge in [0, 0.05) is 37.8 Å². The van der Waals surface area contributed by atoms with E-state index < -0.39 is 23.8 Å². The molecule has 35 heavy (non-hydrogen) atoms. The molecule has 0 bridgehead atoms. The van der Waals surface area contributed by atoms with E-state index in [0.29, 0.717) is 31.4 Å². The molecule has 1 N–H and O–H groups in total. The molecule has 2 aliphatic heterocycles. The number of hydrogen-bond donors (Lipinski definition) is 1. The van der Waals surface area contributed by atoms with Crippen LogP contribution in [-0.2, 0) is 0 Å². The smallest absolute Gasteiger partial charge is 0.407 e. The molecule has 1 fully saturated rings. The molecule has 0 radical (unpaired) electrons. The van der Waals surface area contributed by atoms with Crippen molar-refractivity contribution >= 4 is 17.7 Å². The van der Waals surface area contributed by atoms with E-state index in [1.54, 1.807) is 22.9 Å². The highest BCUT2D eigenvalue weighted by Gasteiger charge is 2.38. The van der Waals surface area contributed by atoms with E-state index in [1.165, 1.54) is 4.90 Å². The predicted octanol–water partition coefficient (Wildman–Crippen LogP) is 5.54. The number of urea groups is 1. The number of likely N-dealkylation sites (tertiary alicyclic amines) is 1. The van der Waals surface area contributed by atoms with Crippen molar-refractivity contribution in [3.05, 3.63) is 90.0 Å². The van der Waals surface area contributed by atoms with Crippen LogP contribution in [0.5, 0.6) is 0 Å². The molecule has 3 amide bonds. The van der Waals surface area contributed by atoms with E-state index in [9.17, 15) is 23.5 Å². The Labute approximate surface area is 203 Å². The van der Waals surface area contributed by atoms with Crippen LogP contribution in [0.25, 0.3) is 5.57 Å². The first-order valence-electron chi connectivity index (χ1n) is 11.6. The van der Waals surface area contributed by atoms with Gasteiger partial charge in [-0.1, -0.05) is 42.5 Å². The lowest BCUT2D eigenvalue weighted by Gasteiger charge is -2.42. The highest BCUT2D eigenvalue weighted by molar-refractivity contribution is 5.82. The van der Waals surface area contributed by atoms with Crippen LogP contribution in [0.4, 0.5) is 18.4 Å². The molecule has 0 aliphatic carbocycles. The first kappa shape index (κ1) is 24.4. The fourth-order valence-corrected chi connectivity index (χ4v) is 5.05. The molecule has 2 aromatic rings. The fraction of sp³-hybridized carbons (Fsp3) is 0.333. The number of benzene rings is 2. The van der Waals surface area contributed by atoms with Crippen molar-refractivity contribution in [2.45, 2.75) is 37.4 Å². The summed E-state index contributed by atoms with van der Waals surface area (Å²) in [6.45, 7) is 4.20. The standard InChI is InChI=1S/C27H29F2N3O3/c1-3-7-22-16-21(12-13-31(22)27(34)35)30(2)26(33)32-17-19(23-15-20(28)10-11-24(23)29)14-25(32)18-8-5-4-6-9-18/h3-6,8-11,14-15,21-22,25H,1,7,12-13,16-17H2,2H3,(H,34,35)/t21?,22?,25-/m0/s1. The fourth-order valence-electron chi connectivity index (χ4n) is 5.05. The number of hydrogen-bond acceptors (Lipinski definition) is 2. The Balaban J connectivity index is 1.59. The lowest BCUT2D eigenvalue weighted by molar-refractivity contribution is 0.0715. The number of nitrogens with zero attached hydrogens (tertiary/aromatic N) is 3. The largest absolute Gasteiger partial charge is 0.465 e. The van der Waals surface area contributed by atoms with Crippen molar-refractivity contribution in [3.8, 4) is 0 Å². The molecule has 2 aromatic carbocycles. The number of carbonyl (C=O) groups is 2. The van der Waals surface area contributed by atoms with Gasteiger partial charge >= 0.3 is 12.1 Å². The minimum Gasteiger partial charge on any atom is -0.465 e. The van der Waals surface area contributed by atoms with Gasteiger partial charge in [-0.05, 0) is 48.6 Å². The number of carboxylic acid groups (broad SMARTS) is 1. The molecule has 0 saturated carbocycles. The summed E-state index contributed by atoms with van der Waals surface area (Å²) in [6.07, 6.45) is 4.06. The van der Waals surface area contributed by atoms with Crippen LogP contribution in [0.2, 0.25) is 0 Å². The molecule has 6 nitrogen and oxygen atoms in total. The van der Waals surface area contributed by atoms with E-state index >= 15 is 0 Å². The van der Waals surface area contributed by atoms with Crippen LogP contribution in [0.1, 0.15) is 36.4 Å². The summed E-state index contributed by atoms with van der Waals surface area (Å²) < 4.78 is 28.5. The van der Waals surface area contributed by atoms with Gasteiger partial charge in [0.1, 0.15) is 11.6 Å². The molecule has 8 heteroatoms. The SMILES string of the molecule is C=CCC1CC(N(C)C(=O)N2CC(c3cc(F)ccc3F)=C[C@H]2c2ccccc2)CCN1C(=O)O. The molecular formula is C27H29F2N3O3. The minimum atomic E-state index is -0.973. The quantitative estimate of drug-likeness (QED) is 0.570. The van der Waals surface area contributed by atoms with Crippen molar-refractivity contribution in [3.63, 3.8) is 0 Å². The summed E-state index contributed by atoms with van der Waals surface area (Å²) >= 11 is 0. The molecule has 2 aliphatic rings.